The number of aliphatic carboxylic acids is 1. The molecular formula is C16H23N3O5S. The van der Waals surface area contributed by atoms with Crippen molar-refractivity contribution < 1.29 is 24.3 Å². The van der Waals surface area contributed by atoms with Gasteiger partial charge < -0.3 is 20.6 Å². The number of hydrogen-bond donors (Lipinski definition) is 3. The lowest BCUT2D eigenvalue weighted by molar-refractivity contribution is -0.142. The Morgan fingerprint density at radius 2 is 1.92 bits per heavy atom. The van der Waals surface area contributed by atoms with Crippen LogP contribution in [0.2, 0.25) is 0 Å². The average molecular weight is 369 g/mol. The van der Waals surface area contributed by atoms with Crippen molar-refractivity contribution in [2.45, 2.75) is 26.3 Å². The molecule has 0 unspecified atom stereocenters. The number of thiophene rings is 1. The summed E-state index contributed by atoms with van der Waals surface area (Å²) in [4.78, 5) is 48.5. The third-order valence-electron chi connectivity index (χ3n) is 3.25. The molecule has 1 rings (SSSR count). The van der Waals surface area contributed by atoms with Crippen molar-refractivity contribution in [1.29, 1.82) is 0 Å². The van der Waals surface area contributed by atoms with Gasteiger partial charge in [0.1, 0.15) is 6.04 Å². The number of nitrogens with zero attached hydrogens (tertiary/aromatic N) is 1. The summed E-state index contributed by atoms with van der Waals surface area (Å²) in [5.74, 6) is -2.38. The molecule has 1 heterocycles. The number of carboxylic acids is 1. The lowest BCUT2D eigenvalue weighted by Crippen LogP contribution is -2.47. The Balaban J connectivity index is 2.40. The van der Waals surface area contributed by atoms with Crippen molar-refractivity contribution >= 4 is 35.0 Å². The largest absolute Gasteiger partial charge is 0.480 e. The van der Waals surface area contributed by atoms with E-state index in [2.05, 4.69) is 10.6 Å². The second-order valence-electron chi connectivity index (χ2n) is 6.00. The summed E-state index contributed by atoms with van der Waals surface area (Å²) in [6, 6.07) is 2.41. The van der Waals surface area contributed by atoms with E-state index >= 15 is 0 Å². The Morgan fingerprint density at radius 3 is 2.44 bits per heavy atom. The van der Waals surface area contributed by atoms with Gasteiger partial charge in [-0.2, -0.15) is 0 Å². The summed E-state index contributed by atoms with van der Waals surface area (Å²) >= 11 is 1.28. The minimum atomic E-state index is -1.12. The van der Waals surface area contributed by atoms with Crippen molar-refractivity contribution in [2.24, 2.45) is 5.92 Å². The number of carbonyl (C=O) groups is 4. The van der Waals surface area contributed by atoms with Gasteiger partial charge in [-0.05, 0) is 23.8 Å². The smallest absolute Gasteiger partial charge is 0.326 e. The molecule has 25 heavy (non-hydrogen) atoms. The zero-order valence-electron chi connectivity index (χ0n) is 14.4. The first-order valence-corrected chi connectivity index (χ1v) is 8.66. The van der Waals surface area contributed by atoms with Crippen LogP contribution in [0, 0.1) is 5.92 Å². The highest BCUT2D eigenvalue weighted by Gasteiger charge is 2.21. The van der Waals surface area contributed by atoms with Gasteiger partial charge in [0.05, 0.1) is 18.0 Å². The maximum Gasteiger partial charge on any atom is 0.326 e. The van der Waals surface area contributed by atoms with E-state index < -0.39 is 23.8 Å². The number of amides is 3. The van der Waals surface area contributed by atoms with E-state index in [9.17, 15) is 19.2 Å². The molecule has 0 aliphatic rings. The summed E-state index contributed by atoms with van der Waals surface area (Å²) in [5.41, 5.74) is 0. The van der Waals surface area contributed by atoms with Crippen LogP contribution in [0.25, 0.3) is 0 Å². The lowest BCUT2D eigenvalue weighted by Gasteiger charge is -2.18. The van der Waals surface area contributed by atoms with Crippen LogP contribution in [0.15, 0.2) is 17.5 Å². The molecule has 9 heteroatoms. The van der Waals surface area contributed by atoms with Gasteiger partial charge in [-0.15, -0.1) is 11.3 Å². The average Bonchev–Trinajstić information content (AvgIpc) is 3.05. The highest BCUT2D eigenvalue weighted by molar-refractivity contribution is 7.12. The van der Waals surface area contributed by atoms with Crippen molar-refractivity contribution in [2.75, 3.05) is 20.1 Å². The highest BCUT2D eigenvalue weighted by Crippen LogP contribution is 2.10. The summed E-state index contributed by atoms with van der Waals surface area (Å²) in [7, 11) is 1.49. The molecule has 0 saturated carbocycles. The minimum absolute atomic E-state index is 0.105. The molecule has 1 aromatic rings. The molecule has 0 saturated heterocycles. The van der Waals surface area contributed by atoms with E-state index in [1.54, 1.807) is 17.5 Å². The van der Waals surface area contributed by atoms with Gasteiger partial charge in [-0.25, -0.2) is 4.79 Å². The van der Waals surface area contributed by atoms with Crippen LogP contribution in [0.4, 0.5) is 0 Å². The summed E-state index contributed by atoms with van der Waals surface area (Å²) < 4.78 is 0. The van der Waals surface area contributed by atoms with E-state index in [0.29, 0.717) is 11.3 Å². The topological polar surface area (TPSA) is 116 Å². The predicted molar refractivity (Wildman–Crippen MR) is 93.3 cm³/mol. The van der Waals surface area contributed by atoms with Crippen molar-refractivity contribution in [1.82, 2.24) is 15.5 Å². The molecule has 0 aliphatic heterocycles. The maximum absolute atomic E-state index is 12.0. The molecule has 3 N–H and O–H groups in total. The van der Waals surface area contributed by atoms with E-state index in [1.165, 1.54) is 23.3 Å². The van der Waals surface area contributed by atoms with Gasteiger partial charge in [-0.1, -0.05) is 19.9 Å². The molecular weight excluding hydrogens is 346 g/mol. The van der Waals surface area contributed by atoms with E-state index in [1.807, 2.05) is 13.8 Å². The quantitative estimate of drug-likeness (QED) is 0.588. The van der Waals surface area contributed by atoms with Crippen molar-refractivity contribution in [3.8, 4) is 0 Å². The molecule has 0 radical (unpaired) electrons. The van der Waals surface area contributed by atoms with Gasteiger partial charge in [-0.3, -0.25) is 14.4 Å². The maximum atomic E-state index is 12.0. The summed E-state index contributed by atoms with van der Waals surface area (Å²) in [6.45, 7) is 3.16. The van der Waals surface area contributed by atoms with Gasteiger partial charge in [0.2, 0.25) is 11.8 Å². The minimum Gasteiger partial charge on any atom is -0.480 e. The predicted octanol–water partition coefficient (Wildman–Crippen LogP) is 0.552. The molecule has 0 spiro atoms. The zero-order chi connectivity index (χ0) is 19.0. The zero-order valence-corrected chi connectivity index (χ0v) is 15.3. The van der Waals surface area contributed by atoms with E-state index in [4.69, 9.17) is 5.11 Å². The number of carboxylic acid groups (broad SMARTS) is 1. The van der Waals surface area contributed by atoms with Crippen LogP contribution in [0.5, 0.6) is 0 Å². The summed E-state index contributed by atoms with van der Waals surface area (Å²) in [6.07, 6.45) is 0.299. The van der Waals surface area contributed by atoms with Crippen LogP contribution in [-0.2, 0) is 14.4 Å². The third kappa shape index (κ3) is 7.34. The number of hydrogen-bond acceptors (Lipinski definition) is 5. The monoisotopic (exact) mass is 369 g/mol. The van der Waals surface area contributed by atoms with Crippen molar-refractivity contribution in [3.05, 3.63) is 22.4 Å². The Kier molecular flexibility index (Phi) is 8.06. The molecule has 1 aromatic heterocycles. The van der Waals surface area contributed by atoms with Crippen LogP contribution in [-0.4, -0.2) is 59.9 Å². The van der Waals surface area contributed by atoms with Crippen LogP contribution >= 0.6 is 11.3 Å². The Hall–Kier alpha value is -2.42. The molecule has 3 amide bonds. The molecule has 1 atom stereocenters. The van der Waals surface area contributed by atoms with Crippen molar-refractivity contribution in [3.63, 3.8) is 0 Å². The third-order valence-corrected chi connectivity index (χ3v) is 4.10. The summed E-state index contributed by atoms with van der Waals surface area (Å²) in [5, 5.41) is 15.6. The molecule has 138 valence electrons. The van der Waals surface area contributed by atoms with Crippen LogP contribution in [0.3, 0.4) is 0 Å². The SMILES string of the molecule is CC(C)C[C@H](NC(=O)CNC(=O)CN(C)C(=O)c1cccs1)C(=O)O. The first-order valence-electron chi connectivity index (χ1n) is 7.78. The first kappa shape index (κ1) is 20.6. The van der Waals surface area contributed by atoms with Crippen LogP contribution < -0.4 is 10.6 Å². The second-order valence-corrected chi connectivity index (χ2v) is 6.95. The highest BCUT2D eigenvalue weighted by atomic mass is 32.1. The van der Waals surface area contributed by atoms with E-state index in [-0.39, 0.29) is 24.9 Å². The molecule has 0 aromatic carbocycles. The van der Waals surface area contributed by atoms with Gasteiger partial charge in [0, 0.05) is 7.05 Å². The standard InChI is InChI=1S/C16H23N3O5S/c1-10(2)7-11(16(23)24)18-13(20)8-17-14(21)9-19(3)15(22)12-5-4-6-25-12/h4-6,10-11H,7-9H2,1-3H3,(H,17,21)(H,18,20)(H,23,24)/t11-/m0/s1. The molecule has 0 aliphatic carbocycles. The van der Waals surface area contributed by atoms with Gasteiger partial charge in [0.15, 0.2) is 0 Å². The number of likely N-dealkylation sites (N-methyl/N-ethyl adjacent to an activating group) is 1. The first-order chi connectivity index (χ1) is 11.7. The molecule has 8 nitrogen and oxygen atoms in total. The fourth-order valence-corrected chi connectivity index (χ4v) is 2.77. The van der Waals surface area contributed by atoms with E-state index in [0.717, 1.165) is 0 Å². The Morgan fingerprint density at radius 1 is 1.24 bits per heavy atom. The molecule has 0 bridgehead atoms. The molecule has 0 fully saturated rings. The fraction of sp³-hybridized carbons (Fsp3) is 0.500. The Bertz CT molecular complexity index is 615. The van der Waals surface area contributed by atoms with Gasteiger partial charge >= 0.3 is 5.97 Å². The second kappa shape index (κ2) is 9.77. The Labute approximate surface area is 150 Å². The number of nitrogens with one attached hydrogen (secondary N) is 2. The lowest BCUT2D eigenvalue weighted by atomic mass is 10.0. The fourth-order valence-electron chi connectivity index (χ4n) is 2.05. The number of carbonyl (C=O) groups excluding carboxylic acids is 3. The number of rotatable bonds is 9. The van der Waals surface area contributed by atoms with Crippen LogP contribution in [0.1, 0.15) is 29.9 Å². The van der Waals surface area contributed by atoms with Gasteiger partial charge in [0.25, 0.3) is 5.91 Å². The normalized spacial score (nSPS) is 11.7.